The Morgan fingerprint density at radius 1 is 0.949 bits per heavy atom. The lowest BCUT2D eigenvalue weighted by atomic mass is 10.1. The Kier molecular flexibility index (Phi) is 9.65. The highest BCUT2D eigenvalue weighted by molar-refractivity contribution is 7.20. The molecule has 0 unspecified atom stereocenters. The third-order valence-corrected chi connectivity index (χ3v) is 7.38. The monoisotopic (exact) mass is 581 g/mol. The third-order valence-electron chi connectivity index (χ3n) is 5.57. The standard InChI is InChI=1S/C30H25Cl2NO5S/c1-3-37-30(35)21-17-27(20-8-5-4-6-9-20)39-29(21)33-28(34)15-13-19-12-14-25(26(16-19)36-2)38-18-22-23(31)10-7-11-24(22)32/h4-17H,3,18H2,1-2H3,(H,33,34)/b15-13+. The number of nitrogens with one attached hydrogen (secondary N) is 1. The largest absolute Gasteiger partial charge is 0.493 e. The summed E-state index contributed by atoms with van der Waals surface area (Å²) in [5.74, 6) is 0.0977. The van der Waals surface area contributed by atoms with E-state index in [0.717, 1.165) is 10.4 Å². The van der Waals surface area contributed by atoms with E-state index in [1.54, 1.807) is 55.5 Å². The molecule has 4 aromatic rings. The highest BCUT2D eigenvalue weighted by atomic mass is 35.5. The van der Waals surface area contributed by atoms with E-state index in [-0.39, 0.29) is 13.2 Å². The van der Waals surface area contributed by atoms with Crippen LogP contribution in [0.5, 0.6) is 11.5 Å². The number of carbonyl (C=O) groups is 2. The molecular formula is C30H25Cl2NO5S. The summed E-state index contributed by atoms with van der Waals surface area (Å²) in [4.78, 5) is 26.2. The SMILES string of the molecule is CCOC(=O)c1cc(-c2ccccc2)sc1NC(=O)/C=C/c1ccc(OCc2c(Cl)cccc2Cl)c(OC)c1. The summed E-state index contributed by atoms with van der Waals surface area (Å²) in [5.41, 5.74) is 2.64. The van der Waals surface area contributed by atoms with E-state index >= 15 is 0 Å². The van der Waals surface area contributed by atoms with Crippen LogP contribution in [0.4, 0.5) is 5.00 Å². The van der Waals surface area contributed by atoms with Crippen molar-refractivity contribution in [3.8, 4) is 21.9 Å². The number of hydrogen-bond donors (Lipinski definition) is 1. The molecule has 0 aliphatic heterocycles. The average Bonchev–Trinajstić information content (AvgIpc) is 3.36. The van der Waals surface area contributed by atoms with Gasteiger partial charge in [0.25, 0.3) is 0 Å². The molecule has 9 heteroatoms. The first kappa shape index (κ1) is 28.2. The van der Waals surface area contributed by atoms with Gasteiger partial charge in [0.05, 0.1) is 19.3 Å². The van der Waals surface area contributed by atoms with Crippen LogP contribution in [-0.4, -0.2) is 25.6 Å². The summed E-state index contributed by atoms with van der Waals surface area (Å²) in [6.07, 6.45) is 3.03. The zero-order chi connectivity index (χ0) is 27.8. The number of thiophene rings is 1. The molecule has 4 rings (SSSR count). The number of carbonyl (C=O) groups excluding carboxylic acids is 2. The molecule has 3 aromatic carbocycles. The van der Waals surface area contributed by atoms with Gasteiger partial charge in [0.2, 0.25) is 5.91 Å². The minimum absolute atomic E-state index is 0.168. The van der Waals surface area contributed by atoms with Crippen molar-refractivity contribution in [2.45, 2.75) is 13.5 Å². The summed E-state index contributed by atoms with van der Waals surface area (Å²) < 4.78 is 16.5. The zero-order valence-electron chi connectivity index (χ0n) is 21.2. The molecule has 6 nitrogen and oxygen atoms in total. The quantitative estimate of drug-likeness (QED) is 0.151. The van der Waals surface area contributed by atoms with Crippen molar-refractivity contribution in [1.82, 2.24) is 0 Å². The highest BCUT2D eigenvalue weighted by Crippen LogP contribution is 2.36. The van der Waals surface area contributed by atoms with Gasteiger partial charge in [-0.25, -0.2) is 4.79 Å². The summed E-state index contributed by atoms with van der Waals surface area (Å²) in [7, 11) is 1.53. The first-order chi connectivity index (χ1) is 18.9. The van der Waals surface area contributed by atoms with Crippen LogP contribution in [0.15, 0.2) is 78.9 Å². The molecule has 1 amide bonds. The first-order valence-electron chi connectivity index (χ1n) is 12.0. The van der Waals surface area contributed by atoms with Gasteiger partial charge in [-0.15, -0.1) is 11.3 Å². The summed E-state index contributed by atoms with van der Waals surface area (Å²) in [6.45, 7) is 2.14. The Morgan fingerprint density at radius 2 is 1.69 bits per heavy atom. The predicted octanol–water partition coefficient (Wildman–Crippen LogP) is 8.14. The van der Waals surface area contributed by atoms with Crippen LogP contribution in [0.2, 0.25) is 10.0 Å². The second kappa shape index (κ2) is 13.3. The van der Waals surface area contributed by atoms with Gasteiger partial charge in [-0.05, 0) is 54.5 Å². The van der Waals surface area contributed by atoms with Crippen molar-refractivity contribution < 1.29 is 23.8 Å². The lowest BCUT2D eigenvalue weighted by molar-refractivity contribution is -0.111. The Bertz CT molecular complexity index is 1480. The van der Waals surface area contributed by atoms with Gasteiger partial charge in [0.1, 0.15) is 11.6 Å². The van der Waals surface area contributed by atoms with Crippen LogP contribution >= 0.6 is 34.5 Å². The maximum absolute atomic E-state index is 12.8. The van der Waals surface area contributed by atoms with Crippen molar-refractivity contribution in [3.63, 3.8) is 0 Å². The second-order valence-electron chi connectivity index (χ2n) is 8.16. The van der Waals surface area contributed by atoms with E-state index < -0.39 is 11.9 Å². The number of hydrogen-bond acceptors (Lipinski definition) is 6. The van der Waals surface area contributed by atoms with E-state index in [4.69, 9.17) is 37.4 Å². The fraction of sp³-hybridized carbons (Fsp3) is 0.133. The molecule has 0 atom stereocenters. The van der Waals surface area contributed by atoms with Crippen molar-refractivity contribution in [2.24, 2.45) is 0 Å². The van der Waals surface area contributed by atoms with Crippen LogP contribution in [0.25, 0.3) is 16.5 Å². The van der Waals surface area contributed by atoms with E-state index in [1.165, 1.54) is 24.5 Å². The van der Waals surface area contributed by atoms with E-state index in [9.17, 15) is 9.59 Å². The molecule has 1 aromatic heterocycles. The molecule has 39 heavy (non-hydrogen) atoms. The summed E-state index contributed by atoms with van der Waals surface area (Å²) in [6, 6.07) is 21.9. The molecule has 0 fully saturated rings. The molecule has 0 aliphatic carbocycles. The zero-order valence-corrected chi connectivity index (χ0v) is 23.5. The number of halogens is 2. The molecule has 1 N–H and O–H groups in total. The Balaban J connectivity index is 1.48. The van der Waals surface area contributed by atoms with Crippen LogP contribution in [-0.2, 0) is 16.1 Å². The molecule has 0 spiro atoms. The molecule has 0 saturated heterocycles. The van der Waals surface area contributed by atoms with Crippen LogP contribution in [0, 0.1) is 0 Å². The third kappa shape index (κ3) is 7.20. The van der Waals surface area contributed by atoms with Crippen LogP contribution in [0.3, 0.4) is 0 Å². The van der Waals surface area contributed by atoms with Gasteiger partial charge >= 0.3 is 5.97 Å². The number of anilines is 1. The number of methoxy groups -OCH3 is 1. The maximum atomic E-state index is 12.8. The van der Waals surface area contributed by atoms with Gasteiger partial charge < -0.3 is 19.5 Å². The van der Waals surface area contributed by atoms with Gasteiger partial charge in [-0.1, -0.05) is 65.7 Å². The Labute approximate surface area is 240 Å². The molecule has 0 radical (unpaired) electrons. The second-order valence-corrected chi connectivity index (χ2v) is 10.0. The number of ether oxygens (including phenoxy) is 3. The summed E-state index contributed by atoms with van der Waals surface area (Å²) >= 11 is 13.8. The van der Waals surface area contributed by atoms with Gasteiger partial charge in [-0.3, -0.25) is 4.79 Å². The van der Waals surface area contributed by atoms with E-state index in [2.05, 4.69) is 5.32 Å². The number of amides is 1. The van der Waals surface area contributed by atoms with Crippen molar-refractivity contribution >= 4 is 57.5 Å². The molecule has 1 heterocycles. The lowest BCUT2D eigenvalue weighted by Gasteiger charge is -2.13. The van der Waals surface area contributed by atoms with Gasteiger partial charge in [0.15, 0.2) is 11.5 Å². The number of esters is 1. The van der Waals surface area contributed by atoms with Gasteiger partial charge in [-0.2, -0.15) is 0 Å². The topological polar surface area (TPSA) is 73.9 Å². The van der Waals surface area contributed by atoms with Crippen LogP contribution in [0.1, 0.15) is 28.4 Å². The van der Waals surface area contributed by atoms with Crippen molar-refractivity contribution in [3.05, 3.63) is 106 Å². The minimum atomic E-state index is -0.492. The smallest absolute Gasteiger partial charge is 0.341 e. The molecule has 0 bridgehead atoms. The number of benzene rings is 3. The Morgan fingerprint density at radius 3 is 2.38 bits per heavy atom. The fourth-order valence-electron chi connectivity index (χ4n) is 3.64. The molecule has 200 valence electrons. The van der Waals surface area contributed by atoms with Crippen molar-refractivity contribution in [1.29, 1.82) is 0 Å². The van der Waals surface area contributed by atoms with E-state index in [0.29, 0.717) is 43.2 Å². The molecular weight excluding hydrogens is 557 g/mol. The minimum Gasteiger partial charge on any atom is -0.493 e. The van der Waals surface area contributed by atoms with Gasteiger partial charge in [0, 0.05) is 26.6 Å². The summed E-state index contributed by atoms with van der Waals surface area (Å²) in [5, 5.41) is 4.26. The predicted molar refractivity (Wildman–Crippen MR) is 157 cm³/mol. The van der Waals surface area contributed by atoms with E-state index in [1.807, 2.05) is 30.3 Å². The van der Waals surface area contributed by atoms with Crippen molar-refractivity contribution in [2.75, 3.05) is 19.0 Å². The molecule has 0 saturated carbocycles. The molecule has 0 aliphatic rings. The normalized spacial score (nSPS) is 10.9. The maximum Gasteiger partial charge on any atom is 0.341 e. The lowest BCUT2D eigenvalue weighted by Crippen LogP contribution is -2.11. The Hall–Kier alpha value is -3.78. The highest BCUT2D eigenvalue weighted by Gasteiger charge is 2.19. The average molecular weight is 583 g/mol. The first-order valence-corrected chi connectivity index (χ1v) is 13.6. The van der Waals surface area contributed by atoms with Crippen LogP contribution < -0.4 is 14.8 Å². The fourth-order valence-corrected chi connectivity index (χ4v) is 5.20. The number of rotatable bonds is 10.